The lowest BCUT2D eigenvalue weighted by molar-refractivity contribution is -0.117. The first-order chi connectivity index (χ1) is 15.6. The number of carbonyl (C=O) groups excluding carboxylic acids is 2. The maximum Gasteiger partial charge on any atom is 0.271 e. The topological polar surface area (TPSA) is 102 Å². The third-order valence-electron chi connectivity index (χ3n) is 5.01. The molecule has 1 aromatic heterocycles. The Morgan fingerprint density at radius 1 is 1.03 bits per heavy atom. The largest absolute Gasteiger partial charge is 0.492 e. The third-order valence-corrected chi connectivity index (χ3v) is 5.01. The van der Waals surface area contributed by atoms with Gasteiger partial charge in [-0.25, -0.2) is 4.68 Å². The molecule has 0 aliphatic heterocycles. The van der Waals surface area contributed by atoms with Gasteiger partial charge in [0.25, 0.3) is 11.5 Å². The fraction of sp³-hybridized carbons (Fsp3) is 0.250. The summed E-state index contributed by atoms with van der Waals surface area (Å²) in [6.45, 7) is 0.739. The fourth-order valence-corrected chi connectivity index (χ4v) is 3.12. The Hall–Kier alpha value is -3.94. The van der Waals surface area contributed by atoms with Gasteiger partial charge in [-0.2, -0.15) is 5.10 Å². The Labute approximate surface area is 185 Å². The Bertz CT molecular complexity index is 1160. The number of carbonyl (C=O) groups is 2. The Balaban J connectivity index is 1.32. The van der Waals surface area contributed by atoms with Crippen LogP contribution < -0.4 is 20.9 Å². The van der Waals surface area contributed by atoms with E-state index < -0.39 is 5.91 Å². The van der Waals surface area contributed by atoms with Crippen LogP contribution in [0.2, 0.25) is 0 Å². The minimum atomic E-state index is -0.393. The molecular formula is C24H24N4O4. The molecule has 32 heavy (non-hydrogen) atoms. The zero-order chi connectivity index (χ0) is 22.3. The quantitative estimate of drug-likeness (QED) is 0.541. The summed E-state index contributed by atoms with van der Waals surface area (Å²) in [4.78, 5) is 36.5. The lowest BCUT2D eigenvalue weighted by Gasteiger charge is -2.10. The molecule has 1 aliphatic carbocycles. The van der Waals surface area contributed by atoms with Crippen molar-refractivity contribution in [2.75, 3.05) is 11.9 Å². The van der Waals surface area contributed by atoms with Gasteiger partial charge < -0.3 is 15.4 Å². The first kappa shape index (κ1) is 21.3. The summed E-state index contributed by atoms with van der Waals surface area (Å²) in [6.07, 6.45) is 1.88. The molecular weight excluding hydrogens is 408 g/mol. The second-order valence-corrected chi connectivity index (χ2v) is 7.59. The number of ether oxygens (including phenoxy) is 1. The lowest BCUT2D eigenvalue weighted by Crippen LogP contribution is -2.30. The van der Waals surface area contributed by atoms with E-state index in [1.165, 1.54) is 16.8 Å². The third kappa shape index (κ3) is 5.81. The number of benzene rings is 2. The summed E-state index contributed by atoms with van der Waals surface area (Å²) in [5.41, 5.74) is 1.38. The Kier molecular flexibility index (Phi) is 6.60. The highest BCUT2D eigenvalue weighted by Gasteiger charge is 2.29. The van der Waals surface area contributed by atoms with Gasteiger partial charge >= 0.3 is 0 Å². The van der Waals surface area contributed by atoms with E-state index in [0.29, 0.717) is 11.4 Å². The van der Waals surface area contributed by atoms with Gasteiger partial charge in [-0.3, -0.25) is 14.4 Å². The molecule has 0 saturated heterocycles. The standard InChI is InChI=1S/C24H24N4O4/c29-22-12-11-21(27-28(22)13-14-32-20-7-2-1-3-8-20)24(31)25-16-17-5-4-6-19(15-17)26-23(30)18-9-10-18/h1-8,11-12,15,18H,9-10,13-14,16H2,(H,25,31)(H,26,30). The molecule has 4 rings (SSSR count). The average molecular weight is 432 g/mol. The molecule has 164 valence electrons. The van der Waals surface area contributed by atoms with E-state index >= 15 is 0 Å². The van der Waals surface area contributed by atoms with Crippen molar-refractivity contribution in [3.63, 3.8) is 0 Å². The van der Waals surface area contributed by atoms with E-state index in [1.54, 1.807) is 0 Å². The van der Waals surface area contributed by atoms with Crippen molar-refractivity contribution in [3.8, 4) is 5.75 Å². The number of rotatable bonds is 9. The molecule has 0 unspecified atom stereocenters. The van der Waals surface area contributed by atoms with Crippen molar-refractivity contribution in [3.05, 3.63) is 88.3 Å². The van der Waals surface area contributed by atoms with Gasteiger partial charge in [0.15, 0.2) is 0 Å². The fourth-order valence-electron chi connectivity index (χ4n) is 3.12. The van der Waals surface area contributed by atoms with Crippen LogP contribution >= 0.6 is 0 Å². The first-order valence-corrected chi connectivity index (χ1v) is 10.5. The zero-order valence-corrected chi connectivity index (χ0v) is 17.5. The molecule has 3 aromatic rings. The Morgan fingerprint density at radius 2 is 1.84 bits per heavy atom. The first-order valence-electron chi connectivity index (χ1n) is 10.5. The van der Waals surface area contributed by atoms with Gasteiger partial charge in [-0.15, -0.1) is 0 Å². The summed E-state index contributed by atoms with van der Waals surface area (Å²) < 4.78 is 6.81. The summed E-state index contributed by atoms with van der Waals surface area (Å²) >= 11 is 0. The van der Waals surface area contributed by atoms with Crippen LogP contribution in [-0.4, -0.2) is 28.2 Å². The van der Waals surface area contributed by atoms with Gasteiger partial charge in [-0.1, -0.05) is 30.3 Å². The van der Waals surface area contributed by atoms with Gasteiger partial charge in [0.1, 0.15) is 18.1 Å². The van der Waals surface area contributed by atoms with E-state index in [1.807, 2.05) is 54.6 Å². The summed E-state index contributed by atoms with van der Waals surface area (Å²) in [7, 11) is 0. The molecule has 0 atom stereocenters. The second kappa shape index (κ2) is 9.91. The molecule has 0 spiro atoms. The van der Waals surface area contributed by atoms with Gasteiger partial charge in [0.2, 0.25) is 5.91 Å². The summed E-state index contributed by atoms with van der Waals surface area (Å²) in [5, 5.41) is 9.85. The van der Waals surface area contributed by atoms with Crippen molar-refractivity contribution >= 4 is 17.5 Å². The van der Waals surface area contributed by atoms with Crippen molar-refractivity contribution in [1.82, 2.24) is 15.1 Å². The van der Waals surface area contributed by atoms with Crippen LogP contribution in [-0.2, 0) is 17.9 Å². The molecule has 1 heterocycles. The van der Waals surface area contributed by atoms with Gasteiger partial charge in [-0.05, 0) is 48.7 Å². The summed E-state index contributed by atoms with van der Waals surface area (Å²) in [6, 6.07) is 19.3. The molecule has 8 heteroatoms. The number of anilines is 1. The van der Waals surface area contributed by atoms with Crippen molar-refractivity contribution in [1.29, 1.82) is 0 Å². The molecule has 2 N–H and O–H groups in total. The number of nitrogens with one attached hydrogen (secondary N) is 2. The predicted molar refractivity (Wildman–Crippen MR) is 119 cm³/mol. The van der Waals surface area contributed by atoms with E-state index in [9.17, 15) is 14.4 Å². The van der Waals surface area contributed by atoms with Crippen molar-refractivity contribution < 1.29 is 14.3 Å². The van der Waals surface area contributed by atoms with Gasteiger partial charge in [0, 0.05) is 24.2 Å². The molecule has 2 aromatic carbocycles. The molecule has 1 aliphatic rings. The Morgan fingerprint density at radius 3 is 2.62 bits per heavy atom. The predicted octanol–water partition coefficient (Wildman–Crippen LogP) is 2.60. The number of hydrogen-bond acceptors (Lipinski definition) is 5. The normalized spacial score (nSPS) is 12.8. The van der Waals surface area contributed by atoms with Crippen LogP contribution in [0.25, 0.3) is 0 Å². The molecule has 1 saturated carbocycles. The van der Waals surface area contributed by atoms with Crippen LogP contribution in [0.1, 0.15) is 28.9 Å². The van der Waals surface area contributed by atoms with Crippen LogP contribution in [0.15, 0.2) is 71.5 Å². The number of para-hydroxylation sites is 1. The SMILES string of the molecule is O=C(NCc1cccc(NC(=O)C2CC2)c1)c1ccc(=O)n(CCOc2ccccc2)n1. The highest BCUT2D eigenvalue weighted by molar-refractivity contribution is 5.94. The highest BCUT2D eigenvalue weighted by atomic mass is 16.5. The average Bonchev–Trinajstić information content (AvgIpc) is 3.65. The maximum atomic E-state index is 12.5. The molecule has 0 radical (unpaired) electrons. The highest BCUT2D eigenvalue weighted by Crippen LogP contribution is 2.30. The van der Waals surface area contributed by atoms with Crippen LogP contribution in [0, 0.1) is 5.92 Å². The number of hydrogen-bond donors (Lipinski definition) is 2. The second-order valence-electron chi connectivity index (χ2n) is 7.59. The smallest absolute Gasteiger partial charge is 0.271 e. The molecule has 0 bridgehead atoms. The molecule has 8 nitrogen and oxygen atoms in total. The van der Waals surface area contributed by atoms with Crippen LogP contribution in [0.3, 0.4) is 0 Å². The zero-order valence-electron chi connectivity index (χ0n) is 17.5. The van der Waals surface area contributed by atoms with Gasteiger partial charge in [0.05, 0.1) is 6.54 Å². The molecule has 1 fully saturated rings. The van der Waals surface area contributed by atoms with Crippen LogP contribution in [0.4, 0.5) is 5.69 Å². The van der Waals surface area contributed by atoms with E-state index in [2.05, 4.69) is 15.7 Å². The minimum Gasteiger partial charge on any atom is -0.492 e. The van der Waals surface area contributed by atoms with E-state index in [0.717, 1.165) is 18.4 Å². The number of amides is 2. The monoisotopic (exact) mass is 432 g/mol. The summed E-state index contributed by atoms with van der Waals surface area (Å²) in [5.74, 6) is 0.465. The molecule has 2 amide bonds. The van der Waals surface area contributed by atoms with E-state index in [-0.39, 0.29) is 42.8 Å². The number of aromatic nitrogens is 2. The maximum absolute atomic E-state index is 12.5. The number of nitrogens with zero attached hydrogens (tertiary/aromatic N) is 2. The lowest BCUT2D eigenvalue weighted by atomic mass is 10.2. The van der Waals surface area contributed by atoms with Crippen molar-refractivity contribution in [2.24, 2.45) is 5.92 Å². The van der Waals surface area contributed by atoms with E-state index in [4.69, 9.17) is 4.74 Å². The van der Waals surface area contributed by atoms with Crippen molar-refractivity contribution in [2.45, 2.75) is 25.9 Å². The minimum absolute atomic E-state index is 0.0360. The van der Waals surface area contributed by atoms with Crippen LogP contribution in [0.5, 0.6) is 5.75 Å².